The van der Waals surface area contributed by atoms with Crippen molar-refractivity contribution in [1.82, 2.24) is 5.32 Å². The fourth-order valence-electron chi connectivity index (χ4n) is 2.05. The molecule has 1 atom stereocenters. The lowest BCUT2D eigenvalue weighted by atomic mass is 10.0. The number of amides is 1. The number of hydrogen-bond acceptors (Lipinski definition) is 2. The van der Waals surface area contributed by atoms with Crippen LogP contribution >= 0.6 is 0 Å². The van der Waals surface area contributed by atoms with Gasteiger partial charge in [0, 0.05) is 17.6 Å². The van der Waals surface area contributed by atoms with E-state index in [-0.39, 0.29) is 11.8 Å². The number of benzene rings is 1. The first-order valence-corrected chi connectivity index (χ1v) is 6.80. The number of likely N-dealkylation sites (N-methyl/N-ethyl adjacent to an activating group) is 1. The van der Waals surface area contributed by atoms with Crippen LogP contribution in [0.15, 0.2) is 24.3 Å². The van der Waals surface area contributed by atoms with E-state index in [1.165, 1.54) is 5.56 Å². The molecular formula is C15H22N2O. The van der Waals surface area contributed by atoms with Gasteiger partial charge in [-0.05, 0) is 50.4 Å². The Balaban J connectivity index is 1.90. The van der Waals surface area contributed by atoms with Crippen LogP contribution in [0.5, 0.6) is 0 Å². The Hall–Kier alpha value is -1.35. The predicted octanol–water partition coefficient (Wildman–Crippen LogP) is 2.58. The van der Waals surface area contributed by atoms with Crippen LogP contribution in [0.4, 0.5) is 5.69 Å². The van der Waals surface area contributed by atoms with Gasteiger partial charge in [0.2, 0.25) is 5.91 Å². The third-order valence-electron chi connectivity index (χ3n) is 3.55. The molecule has 98 valence electrons. The number of carbonyl (C=O) groups is 1. The molecule has 0 bridgehead atoms. The van der Waals surface area contributed by atoms with Crippen LogP contribution in [0.2, 0.25) is 0 Å². The molecule has 1 amide bonds. The molecule has 1 saturated carbocycles. The summed E-state index contributed by atoms with van der Waals surface area (Å²) in [5.41, 5.74) is 2.22. The molecule has 0 heterocycles. The van der Waals surface area contributed by atoms with Gasteiger partial charge in [-0.3, -0.25) is 4.79 Å². The predicted molar refractivity (Wildman–Crippen MR) is 74.6 cm³/mol. The monoisotopic (exact) mass is 246 g/mol. The Morgan fingerprint density at radius 1 is 1.33 bits per heavy atom. The Bertz CT molecular complexity index is 391. The quantitative estimate of drug-likeness (QED) is 0.810. The van der Waals surface area contributed by atoms with Gasteiger partial charge >= 0.3 is 0 Å². The second-order valence-electron chi connectivity index (χ2n) is 5.06. The van der Waals surface area contributed by atoms with Crippen molar-refractivity contribution in [1.29, 1.82) is 0 Å². The number of nitrogens with one attached hydrogen (secondary N) is 2. The van der Waals surface area contributed by atoms with E-state index in [1.54, 1.807) is 0 Å². The highest BCUT2D eigenvalue weighted by atomic mass is 16.2. The first-order chi connectivity index (χ1) is 8.72. The summed E-state index contributed by atoms with van der Waals surface area (Å²) in [5.74, 6) is 0.433. The fourth-order valence-corrected chi connectivity index (χ4v) is 2.05. The topological polar surface area (TPSA) is 41.1 Å². The Morgan fingerprint density at radius 2 is 2.00 bits per heavy atom. The largest absolute Gasteiger partial charge is 0.326 e. The van der Waals surface area contributed by atoms with E-state index in [9.17, 15) is 4.79 Å². The molecule has 0 aliphatic heterocycles. The molecule has 1 aromatic rings. The zero-order valence-corrected chi connectivity index (χ0v) is 11.2. The van der Waals surface area contributed by atoms with Gasteiger partial charge in [-0.1, -0.05) is 19.1 Å². The van der Waals surface area contributed by atoms with Crippen LogP contribution in [0.1, 0.15) is 31.7 Å². The van der Waals surface area contributed by atoms with E-state index in [0.29, 0.717) is 6.04 Å². The number of rotatable bonds is 6. The smallest absolute Gasteiger partial charge is 0.227 e. The first-order valence-electron chi connectivity index (χ1n) is 6.80. The van der Waals surface area contributed by atoms with Crippen molar-refractivity contribution >= 4 is 11.6 Å². The average Bonchev–Trinajstić information content (AvgIpc) is 3.22. The summed E-state index contributed by atoms with van der Waals surface area (Å²) in [4.78, 5) is 11.6. The normalized spacial score (nSPS) is 16.3. The average molecular weight is 246 g/mol. The number of anilines is 1. The van der Waals surface area contributed by atoms with Gasteiger partial charge in [0.15, 0.2) is 0 Å². The summed E-state index contributed by atoms with van der Waals surface area (Å²) in [6, 6.07) is 8.72. The third kappa shape index (κ3) is 3.57. The zero-order valence-electron chi connectivity index (χ0n) is 11.2. The Kier molecular flexibility index (Phi) is 4.37. The highest BCUT2D eigenvalue weighted by molar-refractivity contribution is 5.93. The minimum absolute atomic E-state index is 0.171. The van der Waals surface area contributed by atoms with Crippen LogP contribution in [-0.4, -0.2) is 19.0 Å². The fraction of sp³-hybridized carbons (Fsp3) is 0.533. The van der Waals surface area contributed by atoms with Gasteiger partial charge in [0.25, 0.3) is 0 Å². The summed E-state index contributed by atoms with van der Waals surface area (Å²) in [6.45, 7) is 2.19. The van der Waals surface area contributed by atoms with Crippen LogP contribution in [-0.2, 0) is 11.2 Å². The van der Waals surface area contributed by atoms with Crippen molar-refractivity contribution in [2.75, 3.05) is 12.4 Å². The second-order valence-corrected chi connectivity index (χ2v) is 5.06. The summed E-state index contributed by atoms with van der Waals surface area (Å²) in [5, 5.41) is 6.26. The molecule has 3 heteroatoms. The summed E-state index contributed by atoms with van der Waals surface area (Å²) >= 11 is 0. The maximum Gasteiger partial charge on any atom is 0.227 e. The summed E-state index contributed by atoms with van der Waals surface area (Å²) in [7, 11) is 2.00. The molecule has 1 aliphatic rings. The Labute approximate surface area is 109 Å². The molecule has 1 unspecified atom stereocenters. The van der Waals surface area contributed by atoms with Crippen LogP contribution in [0, 0.1) is 5.92 Å². The van der Waals surface area contributed by atoms with Crippen LogP contribution < -0.4 is 10.6 Å². The van der Waals surface area contributed by atoms with Gasteiger partial charge in [-0.2, -0.15) is 0 Å². The van der Waals surface area contributed by atoms with Crippen molar-refractivity contribution < 1.29 is 4.79 Å². The second kappa shape index (κ2) is 6.01. The van der Waals surface area contributed by atoms with E-state index in [2.05, 4.69) is 29.7 Å². The number of carbonyl (C=O) groups excluding carboxylic acids is 1. The SMILES string of the molecule is CCC(Cc1ccc(NC(=O)C2CC2)cc1)NC. The van der Waals surface area contributed by atoms with E-state index in [0.717, 1.165) is 31.4 Å². The van der Waals surface area contributed by atoms with Gasteiger partial charge < -0.3 is 10.6 Å². The molecule has 0 aromatic heterocycles. The maximum atomic E-state index is 11.6. The van der Waals surface area contributed by atoms with Crippen LogP contribution in [0.3, 0.4) is 0 Å². The molecule has 1 fully saturated rings. The number of hydrogen-bond donors (Lipinski definition) is 2. The molecule has 18 heavy (non-hydrogen) atoms. The van der Waals surface area contributed by atoms with Gasteiger partial charge in [-0.25, -0.2) is 0 Å². The van der Waals surface area contributed by atoms with Crippen molar-refractivity contribution in [3.05, 3.63) is 29.8 Å². The van der Waals surface area contributed by atoms with Crippen molar-refractivity contribution in [2.45, 2.75) is 38.6 Å². The molecular weight excluding hydrogens is 224 g/mol. The lowest BCUT2D eigenvalue weighted by Gasteiger charge is -2.14. The molecule has 3 nitrogen and oxygen atoms in total. The zero-order chi connectivity index (χ0) is 13.0. The van der Waals surface area contributed by atoms with Crippen molar-refractivity contribution in [3.8, 4) is 0 Å². The lowest BCUT2D eigenvalue weighted by molar-refractivity contribution is -0.117. The molecule has 0 radical (unpaired) electrons. The standard InChI is InChI=1S/C15H22N2O/c1-3-13(16-2)10-11-4-8-14(9-5-11)17-15(18)12-6-7-12/h4-5,8-9,12-13,16H,3,6-7,10H2,1-2H3,(H,17,18). The highest BCUT2D eigenvalue weighted by Gasteiger charge is 2.29. The highest BCUT2D eigenvalue weighted by Crippen LogP contribution is 2.30. The van der Waals surface area contributed by atoms with Gasteiger partial charge in [0.1, 0.15) is 0 Å². The van der Waals surface area contributed by atoms with E-state index in [1.807, 2.05) is 19.2 Å². The minimum atomic E-state index is 0.171. The van der Waals surface area contributed by atoms with Gasteiger partial charge in [0.05, 0.1) is 0 Å². The lowest BCUT2D eigenvalue weighted by Crippen LogP contribution is -2.26. The van der Waals surface area contributed by atoms with Crippen molar-refractivity contribution in [2.24, 2.45) is 5.92 Å². The minimum Gasteiger partial charge on any atom is -0.326 e. The molecule has 0 saturated heterocycles. The maximum absolute atomic E-state index is 11.6. The molecule has 2 N–H and O–H groups in total. The molecule has 2 rings (SSSR count). The Morgan fingerprint density at radius 3 is 2.50 bits per heavy atom. The van der Waals surface area contributed by atoms with E-state index in [4.69, 9.17) is 0 Å². The van der Waals surface area contributed by atoms with Crippen molar-refractivity contribution in [3.63, 3.8) is 0 Å². The van der Waals surface area contributed by atoms with E-state index >= 15 is 0 Å². The molecule has 1 aromatic carbocycles. The van der Waals surface area contributed by atoms with Gasteiger partial charge in [-0.15, -0.1) is 0 Å². The summed E-state index contributed by atoms with van der Waals surface area (Å²) < 4.78 is 0. The third-order valence-corrected chi connectivity index (χ3v) is 3.55. The summed E-state index contributed by atoms with van der Waals surface area (Å²) in [6.07, 6.45) is 4.25. The molecule has 1 aliphatic carbocycles. The van der Waals surface area contributed by atoms with E-state index < -0.39 is 0 Å². The first kappa shape index (κ1) is 13.1. The molecule has 0 spiro atoms. The van der Waals surface area contributed by atoms with Crippen LogP contribution in [0.25, 0.3) is 0 Å².